The van der Waals surface area contributed by atoms with Crippen molar-refractivity contribution < 1.29 is 0 Å². The highest BCUT2D eigenvalue weighted by Crippen LogP contribution is 1.82. The lowest BCUT2D eigenvalue weighted by Crippen LogP contribution is -1.66. The molecule has 0 radical (unpaired) electrons. The van der Waals surface area contributed by atoms with Gasteiger partial charge in [0, 0.05) is 49.6 Å². The molecule has 3 heterocycles. The Kier molecular flexibility index (Phi) is 98.0. The van der Waals surface area contributed by atoms with E-state index in [1.807, 2.05) is 110 Å². The standard InChI is InChI=1S/C6H6.C5H5N.2C4H4N2.4C4H10.4C2H6/c2*1-2-4-6-5-3-1;1-2-6-4-3-5-1;1-2-5-4-6-3-1;4*1-4(2)3;4*1-2/h1-6H;1-5H;2*1-4H;4*4H,1-3H3;4*1-2H3. The monoisotopic (exact) mass is 670 g/mol. The van der Waals surface area contributed by atoms with Crippen LogP contribution < -0.4 is 0 Å². The maximum absolute atomic E-state index is 3.78. The number of aromatic nitrogens is 5. The van der Waals surface area contributed by atoms with Crippen LogP contribution in [0.15, 0.2) is 117 Å². The largest absolute Gasteiger partial charge is 0.265 e. The highest BCUT2D eigenvalue weighted by Gasteiger charge is 1.69. The molecule has 0 aliphatic heterocycles. The molecule has 0 spiro atoms. The molecule has 5 nitrogen and oxygen atoms in total. The van der Waals surface area contributed by atoms with E-state index in [1.165, 1.54) is 6.33 Å². The predicted molar refractivity (Wildman–Crippen MR) is 222 cm³/mol. The summed E-state index contributed by atoms with van der Waals surface area (Å²) in [6.45, 7) is 42.0. The predicted octanol–water partition coefficient (Wildman–Crippen LogP) is 14.5. The second-order valence-electron chi connectivity index (χ2n) is 10.9. The fraction of sp³-hybridized carbons (Fsp3) is 0.558. The summed E-state index contributed by atoms with van der Waals surface area (Å²) in [6, 6.07) is 19.5. The van der Waals surface area contributed by atoms with Crippen molar-refractivity contribution in [3.05, 3.63) is 117 Å². The molecular weight excluding hydrogens is 587 g/mol. The molecule has 0 N–H and O–H groups in total. The van der Waals surface area contributed by atoms with E-state index in [9.17, 15) is 0 Å². The van der Waals surface area contributed by atoms with Gasteiger partial charge in [-0.15, -0.1) is 0 Å². The van der Waals surface area contributed by atoms with Crippen LogP contribution in [-0.2, 0) is 0 Å². The lowest BCUT2D eigenvalue weighted by Gasteiger charge is -1.79. The summed E-state index contributed by atoms with van der Waals surface area (Å²) >= 11 is 0. The van der Waals surface area contributed by atoms with E-state index in [0.717, 1.165) is 23.7 Å². The zero-order valence-electron chi connectivity index (χ0n) is 35.5. The summed E-state index contributed by atoms with van der Waals surface area (Å²) in [5, 5.41) is 0. The SMILES string of the molecule is CC.CC.CC.CC.CC(C)C.CC(C)C.CC(C)C.CC(C)C.c1ccccc1.c1ccncc1.c1cnccn1.c1cncnc1. The number of nitrogens with zero attached hydrogens (tertiary/aromatic N) is 5. The molecule has 0 fully saturated rings. The Labute approximate surface area is 303 Å². The average Bonchev–Trinajstić information content (AvgIpc) is 3.11. The number of pyridine rings is 1. The maximum Gasteiger partial charge on any atom is 0.115 e. The quantitative estimate of drug-likeness (QED) is 0.186. The molecule has 4 rings (SSSR count). The molecule has 0 atom stereocenters. The smallest absolute Gasteiger partial charge is 0.115 e. The molecule has 3 aromatic heterocycles. The Morgan fingerprint density at radius 1 is 0.229 bits per heavy atom. The summed E-state index contributed by atoms with van der Waals surface area (Å²) < 4.78 is 0. The Morgan fingerprint density at radius 2 is 0.396 bits per heavy atom. The van der Waals surface area contributed by atoms with Gasteiger partial charge in [0.2, 0.25) is 0 Å². The van der Waals surface area contributed by atoms with Crippen molar-refractivity contribution in [3.63, 3.8) is 0 Å². The van der Waals surface area contributed by atoms with E-state index in [0.29, 0.717) is 0 Å². The van der Waals surface area contributed by atoms with Gasteiger partial charge in [0.1, 0.15) is 6.33 Å². The van der Waals surface area contributed by atoms with Gasteiger partial charge in [-0.25, -0.2) is 9.97 Å². The van der Waals surface area contributed by atoms with Gasteiger partial charge in [0.15, 0.2) is 0 Å². The molecule has 1 aromatic carbocycles. The first-order valence-electron chi connectivity index (χ1n) is 18.2. The Balaban J connectivity index is -0.0000000621. The Morgan fingerprint density at radius 3 is 0.479 bits per heavy atom. The van der Waals surface area contributed by atoms with Crippen molar-refractivity contribution >= 4 is 0 Å². The van der Waals surface area contributed by atoms with Crippen LogP contribution in [0.1, 0.15) is 138 Å². The highest BCUT2D eigenvalue weighted by molar-refractivity contribution is 4.99. The highest BCUT2D eigenvalue weighted by atomic mass is 14.8. The number of hydrogen-bond donors (Lipinski definition) is 0. The van der Waals surface area contributed by atoms with Gasteiger partial charge in [-0.3, -0.25) is 15.0 Å². The third-order valence-corrected chi connectivity index (χ3v) is 2.19. The van der Waals surface area contributed by atoms with Crippen LogP contribution in [0.25, 0.3) is 0 Å². The normalized spacial score (nSPS) is 7.50. The minimum Gasteiger partial charge on any atom is -0.265 e. The molecule has 5 heteroatoms. The molecule has 0 bridgehead atoms. The van der Waals surface area contributed by atoms with Crippen LogP contribution in [0.2, 0.25) is 0 Å². The lowest BCUT2D eigenvalue weighted by molar-refractivity contribution is 0.736. The lowest BCUT2D eigenvalue weighted by atomic mass is 10.3. The van der Waals surface area contributed by atoms with Crippen molar-refractivity contribution in [2.75, 3.05) is 0 Å². The van der Waals surface area contributed by atoms with Crippen molar-refractivity contribution in [1.82, 2.24) is 24.9 Å². The van der Waals surface area contributed by atoms with E-state index < -0.39 is 0 Å². The van der Waals surface area contributed by atoms with E-state index >= 15 is 0 Å². The Hall–Kier alpha value is -3.47. The number of benzene rings is 1. The zero-order chi connectivity index (χ0) is 39.3. The van der Waals surface area contributed by atoms with E-state index in [4.69, 9.17) is 0 Å². The number of rotatable bonds is 0. The Bertz CT molecular complexity index is 575. The fourth-order valence-electron chi connectivity index (χ4n) is 1.20. The van der Waals surface area contributed by atoms with E-state index in [2.05, 4.69) is 108 Å². The van der Waals surface area contributed by atoms with Gasteiger partial charge in [-0.1, -0.05) is 181 Å². The molecule has 0 saturated carbocycles. The minimum absolute atomic E-state index is 0.833. The van der Waals surface area contributed by atoms with Crippen LogP contribution in [0, 0.1) is 23.7 Å². The second-order valence-corrected chi connectivity index (χ2v) is 10.9. The van der Waals surface area contributed by atoms with Crippen molar-refractivity contribution in [3.8, 4) is 0 Å². The molecule has 4 aromatic rings. The summed E-state index contributed by atoms with van der Waals surface area (Å²) in [6.07, 6.45) is 14.9. The maximum atomic E-state index is 3.78. The van der Waals surface area contributed by atoms with E-state index in [-0.39, 0.29) is 0 Å². The van der Waals surface area contributed by atoms with Crippen LogP contribution in [0.4, 0.5) is 0 Å². The minimum atomic E-state index is 0.833. The van der Waals surface area contributed by atoms with Crippen LogP contribution in [0.3, 0.4) is 0 Å². The summed E-state index contributed by atoms with van der Waals surface area (Å²) in [4.78, 5) is 18.6. The molecular formula is C43H83N5. The van der Waals surface area contributed by atoms with Gasteiger partial charge in [-0.2, -0.15) is 0 Å². The average molecular weight is 670 g/mol. The number of hydrogen-bond acceptors (Lipinski definition) is 5. The van der Waals surface area contributed by atoms with Crippen LogP contribution in [0.5, 0.6) is 0 Å². The third-order valence-electron chi connectivity index (χ3n) is 2.19. The zero-order valence-corrected chi connectivity index (χ0v) is 35.5. The first-order chi connectivity index (χ1) is 22.9. The topological polar surface area (TPSA) is 64.5 Å². The van der Waals surface area contributed by atoms with Crippen molar-refractivity contribution in [1.29, 1.82) is 0 Å². The molecule has 280 valence electrons. The fourth-order valence-corrected chi connectivity index (χ4v) is 1.20. The summed E-state index contributed by atoms with van der Waals surface area (Å²) in [5.41, 5.74) is 0. The van der Waals surface area contributed by atoms with Gasteiger partial charge >= 0.3 is 0 Å². The third kappa shape index (κ3) is 174. The summed E-state index contributed by atoms with van der Waals surface area (Å²) in [7, 11) is 0. The van der Waals surface area contributed by atoms with Gasteiger partial charge < -0.3 is 0 Å². The van der Waals surface area contributed by atoms with Gasteiger partial charge in [-0.05, 0) is 41.9 Å². The van der Waals surface area contributed by atoms with Crippen molar-refractivity contribution in [2.24, 2.45) is 23.7 Å². The first kappa shape index (κ1) is 63.2. The molecule has 0 amide bonds. The molecule has 0 saturated heterocycles. The molecule has 0 aliphatic carbocycles. The molecule has 48 heavy (non-hydrogen) atoms. The van der Waals surface area contributed by atoms with E-state index in [1.54, 1.807) is 55.6 Å². The van der Waals surface area contributed by atoms with Gasteiger partial charge in [0.05, 0.1) is 0 Å². The van der Waals surface area contributed by atoms with Crippen LogP contribution >= 0.6 is 0 Å². The molecule has 0 unspecified atom stereocenters. The van der Waals surface area contributed by atoms with Crippen molar-refractivity contribution in [2.45, 2.75) is 138 Å². The first-order valence-corrected chi connectivity index (χ1v) is 18.2. The van der Waals surface area contributed by atoms with Gasteiger partial charge in [0.25, 0.3) is 0 Å². The summed E-state index contributed by atoms with van der Waals surface area (Å²) in [5.74, 6) is 3.33. The second kappa shape index (κ2) is 74.4. The molecule has 0 aliphatic rings. The van der Waals surface area contributed by atoms with Crippen LogP contribution in [-0.4, -0.2) is 24.9 Å².